The Bertz CT molecular complexity index is 1660. The third-order valence-electron chi connectivity index (χ3n) is 9.72. The van der Waals surface area contributed by atoms with Crippen molar-refractivity contribution in [3.05, 3.63) is 77.5 Å². The predicted octanol–water partition coefficient (Wildman–Crippen LogP) is 5.19. The number of hydrogen-bond acceptors (Lipinski definition) is 10. The summed E-state index contributed by atoms with van der Waals surface area (Å²) >= 11 is 0. The third kappa shape index (κ3) is 7.03. The molecule has 1 N–H and O–H groups in total. The molecular formula is C37H45N5O7. The van der Waals surface area contributed by atoms with E-state index >= 15 is 0 Å². The summed E-state index contributed by atoms with van der Waals surface area (Å²) in [4.78, 5) is 39.0. The first-order valence-corrected chi connectivity index (χ1v) is 17.1. The number of likely N-dealkylation sites (tertiary alicyclic amines) is 2. The molecule has 0 unspecified atom stereocenters. The second-order valence-electron chi connectivity index (χ2n) is 14.2. The van der Waals surface area contributed by atoms with Gasteiger partial charge in [-0.1, -0.05) is 36.4 Å². The Morgan fingerprint density at radius 2 is 1.69 bits per heavy atom. The first kappa shape index (κ1) is 33.1. The first-order chi connectivity index (χ1) is 23.6. The van der Waals surface area contributed by atoms with Crippen LogP contribution in [0.2, 0.25) is 0 Å². The predicted molar refractivity (Wildman–Crippen MR) is 183 cm³/mol. The van der Waals surface area contributed by atoms with Crippen molar-refractivity contribution in [2.45, 2.75) is 64.1 Å². The van der Waals surface area contributed by atoms with Crippen molar-refractivity contribution in [3.63, 3.8) is 0 Å². The number of carbonyl (C=O) groups is 2. The molecule has 0 radical (unpaired) electrons. The Balaban J connectivity index is 1.07. The highest BCUT2D eigenvalue weighted by Gasteiger charge is 2.42. The normalized spacial score (nSPS) is 19.6. The number of hydrogen-bond donors (Lipinski definition) is 1. The number of aliphatic hydroxyl groups is 1. The first-order valence-electron chi connectivity index (χ1n) is 17.1. The second kappa shape index (κ2) is 13.5. The highest BCUT2D eigenvalue weighted by atomic mass is 16.6. The van der Waals surface area contributed by atoms with Gasteiger partial charge in [0.1, 0.15) is 24.6 Å². The molecule has 5 heterocycles. The molecule has 0 spiro atoms. The molecule has 0 saturated carbocycles. The number of aromatic nitrogens is 1. The molecule has 260 valence electrons. The van der Waals surface area contributed by atoms with Crippen LogP contribution in [0.4, 0.5) is 26.8 Å². The molecule has 12 heteroatoms. The van der Waals surface area contributed by atoms with Crippen molar-refractivity contribution >= 4 is 29.4 Å². The summed E-state index contributed by atoms with van der Waals surface area (Å²) in [5.74, 6) is 0.961. The number of nitrogens with zero attached hydrogens (tertiary/aromatic N) is 5. The van der Waals surface area contributed by atoms with Gasteiger partial charge < -0.3 is 33.9 Å². The molecule has 0 atom stereocenters. The average molecular weight is 672 g/mol. The van der Waals surface area contributed by atoms with Gasteiger partial charge >= 0.3 is 12.2 Å². The zero-order chi connectivity index (χ0) is 34.2. The van der Waals surface area contributed by atoms with Crippen LogP contribution in [0.15, 0.2) is 60.8 Å². The zero-order valence-electron chi connectivity index (χ0n) is 28.5. The van der Waals surface area contributed by atoms with Crippen molar-refractivity contribution in [1.29, 1.82) is 0 Å². The molecule has 12 nitrogen and oxygen atoms in total. The largest absolute Gasteiger partial charge is 0.486 e. The van der Waals surface area contributed by atoms with Crippen LogP contribution in [0.3, 0.4) is 0 Å². The number of fused-ring (bicyclic) bond motifs is 2. The maximum atomic E-state index is 14.0. The molecule has 0 bridgehead atoms. The molecule has 49 heavy (non-hydrogen) atoms. The van der Waals surface area contributed by atoms with Crippen LogP contribution in [0.5, 0.6) is 5.75 Å². The van der Waals surface area contributed by atoms with Gasteiger partial charge in [0.2, 0.25) is 0 Å². The van der Waals surface area contributed by atoms with Crippen LogP contribution >= 0.6 is 0 Å². The number of carbonyl (C=O) groups excluding carboxylic acids is 2. The van der Waals surface area contributed by atoms with E-state index in [4.69, 9.17) is 23.9 Å². The quantitative estimate of drug-likeness (QED) is 0.389. The number of anilines is 3. The van der Waals surface area contributed by atoms with Gasteiger partial charge in [0.05, 0.1) is 30.1 Å². The number of rotatable bonds is 5. The van der Waals surface area contributed by atoms with Crippen LogP contribution in [0.25, 0.3) is 0 Å². The Kier molecular flexibility index (Phi) is 9.12. The Labute approximate surface area is 287 Å². The molecule has 3 aromatic rings. The van der Waals surface area contributed by atoms with E-state index in [1.807, 2.05) is 75.4 Å². The molecule has 1 aromatic heterocycles. The fourth-order valence-electron chi connectivity index (χ4n) is 6.96. The second-order valence-corrected chi connectivity index (χ2v) is 14.2. The summed E-state index contributed by atoms with van der Waals surface area (Å²) in [6.45, 7) is 11.2. The molecule has 0 aliphatic carbocycles. The van der Waals surface area contributed by atoms with E-state index in [0.717, 1.165) is 29.9 Å². The van der Waals surface area contributed by atoms with E-state index in [0.29, 0.717) is 75.1 Å². The molecule has 7 rings (SSSR count). The van der Waals surface area contributed by atoms with E-state index in [2.05, 4.69) is 9.80 Å². The molecular weight excluding hydrogens is 626 g/mol. The summed E-state index contributed by atoms with van der Waals surface area (Å²) in [5, 5.41) is 12.0. The fraction of sp³-hybridized carbons (Fsp3) is 0.486. The summed E-state index contributed by atoms with van der Waals surface area (Å²) in [6, 6.07) is 17.4. The van der Waals surface area contributed by atoms with Crippen LogP contribution in [0.1, 0.15) is 50.3 Å². The monoisotopic (exact) mass is 671 g/mol. The van der Waals surface area contributed by atoms with Crippen LogP contribution in [0, 0.1) is 0 Å². The minimum absolute atomic E-state index is 0.221. The number of ether oxygens (including phenoxy) is 4. The van der Waals surface area contributed by atoms with Gasteiger partial charge in [-0.2, -0.15) is 0 Å². The summed E-state index contributed by atoms with van der Waals surface area (Å²) in [6.07, 6.45) is 1.85. The Hall–Kier alpha value is -4.39. The standard InChI is InChI=1S/C37H45N5O7/c1-36(2,3)49-35(44)42-31-21-27(9-10-32(31)47-25-29-30(11-14-38-33(29)42)40-17-19-46-20-18-40)37(45)12-15-39(16-13-37)28-22-41(23-28)34(43)48-24-26-7-5-4-6-8-26/h4-11,14,21,28,45H,12-13,15-20,22-25H2,1-3H3. The fourth-order valence-corrected chi connectivity index (χ4v) is 6.96. The minimum Gasteiger partial charge on any atom is -0.486 e. The number of amides is 2. The van der Waals surface area contributed by atoms with E-state index < -0.39 is 17.3 Å². The Morgan fingerprint density at radius 3 is 2.41 bits per heavy atom. The molecule has 2 aromatic carbocycles. The van der Waals surface area contributed by atoms with Gasteiger partial charge in [-0.05, 0) is 62.9 Å². The van der Waals surface area contributed by atoms with Crippen molar-refractivity contribution in [1.82, 2.24) is 14.8 Å². The van der Waals surface area contributed by atoms with Crippen molar-refractivity contribution in [3.8, 4) is 5.75 Å². The van der Waals surface area contributed by atoms with E-state index in [9.17, 15) is 14.7 Å². The molecule has 4 aliphatic rings. The summed E-state index contributed by atoms with van der Waals surface area (Å²) in [5.41, 5.74) is 2.03. The molecule has 3 saturated heterocycles. The van der Waals surface area contributed by atoms with Crippen LogP contribution < -0.4 is 14.5 Å². The van der Waals surface area contributed by atoms with Crippen LogP contribution in [-0.2, 0) is 33.0 Å². The number of benzene rings is 2. The van der Waals surface area contributed by atoms with Crippen molar-refractivity contribution < 1.29 is 33.6 Å². The lowest BCUT2D eigenvalue weighted by Gasteiger charge is -2.48. The molecule has 2 amide bonds. The van der Waals surface area contributed by atoms with Crippen molar-refractivity contribution in [2.24, 2.45) is 0 Å². The highest BCUT2D eigenvalue weighted by Crippen LogP contribution is 2.45. The lowest BCUT2D eigenvalue weighted by molar-refractivity contribution is -0.0574. The van der Waals surface area contributed by atoms with E-state index in [-0.39, 0.29) is 25.3 Å². The smallest absolute Gasteiger partial charge is 0.420 e. The van der Waals surface area contributed by atoms with Gasteiger partial charge in [-0.15, -0.1) is 0 Å². The maximum Gasteiger partial charge on any atom is 0.420 e. The molecule has 3 fully saturated rings. The SMILES string of the molecule is CC(C)(C)OC(=O)N1c2cc(C3(O)CCN(C4CN(C(=O)OCc5ccccc5)C4)CC3)ccc2OCc2c(N3CCOCC3)ccnc21. The number of morpholine rings is 1. The summed E-state index contributed by atoms with van der Waals surface area (Å²) in [7, 11) is 0. The van der Waals surface area contributed by atoms with Gasteiger partial charge in [0, 0.05) is 57.2 Å². The van der Waals surface area contributed by atoms with Crippen molar-refractivity contribution in [2.75, 3.05) is 62.3 Å². The highest BCUT2D eigenvalue weighted by molar-refractivity contribution is 5.99. The lowest BCUT2D eigenvalue weighted by Crippen LogP contribution is -2.63. The summed E-state index contributed by atoms with van der Waals surface area (Å²) < 4.78 is 23.3. The van der Waals surface area contributed by atoms with Gasteiger partial charge in [-0.25, -0.2) is 19.5 Å². The topological polar surface area (TPSA) is 117 Å². The lowest BCUT2D eigenvalue weighted by atomic mass is 9.83. The van der Waals surface area contributed by atoms with Gasteiger partial charge in [0.25, 0.3) is 0 Å². The number of piperidine rings is 1. The van der Waals surface area contributed by atoms with Gasteiger partial charge in [-0.3, -0.25) is 4.90 Å². The van der Waals surface area contributed by atoms with E-state index in [1.165, 1.54) is 4.90 Å². The molecule has 4 aliphatic heterocycles. The number of pyridine rings is 1. The minimum atomic E-state index is -1.11. The maximum absolute atomic E-state index is 14.0. The van der Waals surface area contributed by atoms with Gasteiger partial charge in [0.15, 0.2) is 5.82 Å². The third-order valence-corrected chi connectivity index (χ3v) is 9.72. The average Bonchev–Trinajstić information content (AvgIpc) is 3.24. The Morgan fingerprint density at radius 1 is 0.959 bits per heavy atom. The van der Waals surface area contributed by atoms with E-state index in [1.54, 1.807) is 11.1 Å². The van der Waals surface area contributed by atoms with Crippen LogP contribution in [-0.4, -0.2) is 96.2 Å². The zero-order valence-corrected chi connectivity index (χ0v) is 28.5.